The summed E-state index contributed by atoms with van der Waals surface area (Å²) in [4.78, 5) is 10.2. The first-order valence-corrected chi connectivity index (χ1v) is 10.7. The van der Waals surface area contributed by atoms with E-state index in [0.29, 0.717) is 18.7 Å². The molecule has 0 aliphatic carbocycles. The van der Waals surface area contributed by atoms with Crippen LogP contribution in [0.1, 0.15) is 19.6 Å². The van der Waals surface area contributed by atoms with Crippen molar-refractivity contribution in [2.75, 3.05) is 13.1 Å². The molecule has 11 nitrogen and oxygen atoms in total. The Balaban J connectivity index is 1.99. The standard InChI is InChI=1S/C17H18N6O5S2/c1-3-21(4-2)30(26,27)14-7-5-6-12(10-14)16-19-20-17(29)22(16)18-11-13-8-9-15(28-13)23(24)25/h5-11H,3-4H2,1-2H3,(H,20,29)/b18-11-. The molecule has 0 saturated heterocycles. The first-order chi connectivity index (χ1) is 14.3. The van der Waals surface area contributed by atoms with Gasteiger partial charge in [0.05, 0.1) is 17.2 Å². The Hall–Kier alpha value is -3.16. The van der Waals surface area contributed by atoms with E-state index in [1.165, 1.54) is 39.5 Å². The van der Waals surface area contributed by atoms with Crippen molar-refractivity contribution in [3.63, 3.8) is 0 Å². The third-order valence-electron chi connectivity index (χ3n) is 4.18. The molecule has 0 fully saturated rings. The van der Waals surface area contributed by atoms with Crippen molar-refractivity contribution >= 4 is 34.3 Å². The van der Waals surface area contributed by atoms with Crippen molar-refractivity contribution in [2.24, 2.45) is 5.10 Å². The van der Waals surface area contributed by atoms with Crippen LogP contribution < -0.4 is 0 Å². The van der Waals surface area contributed by atoms with Crippen molar-refractivity contribution in [3.05, 3.63) is 57.0 Å². The van der Waals surface area contributed by atoms with Crippen molar-refractivity contribution in [3.8, 4) is 11.4 Å². The Morgan fingerprint density at radius 2 is 2.07 bits per heavy atom. The molecule has 2 heterocycles. The summed E-state index contributed by atoms with van der Waals surface area (Å²) in [5, 5.41) is 21.6. The lowest BCUT2D eigenvalue weighted by molar-refractivity contribution is -0.402. The lowest BCUT2D eigenvalue weighted by Gasteiger charge is -2.18. The van der Waals surface area contributed by atoms with Gasteiger partial charge >= 0.3 is 5.88 Å². The van der Waals surface area contributed by atoms with E-state index in [0.717, 1.165) is 0 Å². The molecule has 0 radical (unpaired) electrons. The van der Waals surface area contributed by atoms with Crippen LogP contribution in [0.2, 0.25) is 0 Å². The fourth-order valence-corrected chi connectivity index (χ4v) is 4.40. The highest BCUT2D eigenvalue weighted by atomic mass is 32.2. The summed E-state index contributed by atoms with van der Waals surface area (Å²) in [6.07, 6.45) is 1.25. The van der Waals surface area contributed by atoms with Crippen LogP contribution in [0.15, 0.2) is 50.8 Å². The van der Waals surface area contributed by atoms with Gasteiger partial charge in [0.15, 0.2) is 11.6 Å². The number of H-pyrrole nitrogens is 1. The number of hydrogen-bond acceptors (Lipinski definition) is 8. The van der Waals surface area contributed by atoms with Crippen LogP contribution in [0.4, 0.5) is 5.88 Å². The fraction of sp³-hybridized carbons (Fsp3) is 0.235. The van der Waals surface area contributed by atoms with E-state index in [1.54, 1.807) is 26.0 Å². The van der Waals surface area contributed by atoms with Crippen molar-refractivity contribution in [1.82, 2.24) is 19.2 Å². The highest BCUT2D eigenvalue weighted by Crippen LogP contribution is 2.23. The average Bonchev–Trinajstić information content (AvgIpc) is 3.34. The van der Waals surface area contributed by atoms with Gasteiger partial charge in [-0.25, -0.2) is 13.5 Å². The van der Waals surface area contributed by atoms with E-state index in [9.17, 15) is 18.5 Å². The summed E-state index contributed by atoms with van der Waals surface area (Å²) in [7, 11) is -3.66. The van der Waals surface area contributed by atoms with Crippen LogP contribution in [0.5, 0.6) is 0 Å². The molecule has 0 saturated carbocycles. The molecule has 3 rings (SSSR count). The molecule has 0 aliphatic rings. The van der Waals surface area contributed by atoms with Gasteiger partial charge in [0, 0.05) is 18.7 Å². The van der Waals surface area contributed by atoms with Crippen molar-refractivity contribution in [2.45, 2.75) is 18.7 Å². The number of nitrogens with one attached hydrogen (secondary N) is 1. The lowest BCUT2D eigenvalue weighted by Crippen LogP contribution is -2.30. The third-order valence-corrected chi connectivity index (χ3v) is 6.49. The highest BCUT2D eigenvalue weighted by Gasteiger charge is 2.22. The van der Waals surface area contributed by atoms with Gasteiger partial charge in [0.2, 0.25) is 14.8 Å². The van der Waals surface area contributed by atoms with E-state index in [1.807, 2.05) is 0 Å². The van der Waals surface area contributed by atoms with Gasteiger partial charge in [0.1, 0.15) is 4.92 Å². The maximum atomic E-state index is 12.8. The minimum Gasteiger partial charge on any atom is -0.400 e. The van der Waals surface area contributed by atoms with Gasteiger partial charge < -0.3 is 4.42 Å². The molecule has 13 heteroatoms. The Morgan fingerprint density at radius 1 is 1.33 bits per heavy atom. The zero-order valence-corrected chi connectivity index (χ0v) is 17.7. The summed E-state index contributed by atoms with van der Waals surface area (Å²) < 4.78 is 33.4. The summed E-state index contributed by atoms with van der Waals surface area (Å²) in [5.74, 6) is 0.00397. The predicted molar refractivity (Wildman–Crippen MR) is 111 cm³/mol. The van der Waals surface area contributed by atoms with E-state index in [4.69, 9.17) is 16.6 Å². The average molecular weight is 451 g/mol. The topological polar surface area (TPSA) is 140 Å². The van der Waals surface area contributed by atoms with Crippen molar-refractivity contribution in [1.29, 1.82) is 0 Å². The molecule has 0 amide bonds. The van der Waals surface area contributed by atoms with Crippen LogP contribution >= 0.6 is 12.2 Å². The number of furan rings is 1. The number of aromatic nitrogens is 3. The molecule has 0 aliphatic heterocycles. The summed E-state index contributed by atoms with van der Waals surface area (Å²) in [6.45, 7) is 4.23. The largest absolute Gasteiger partial charge is 0.433 e. The first kappa shape index (κ1) is 21.5. The van der Waals surface area contributed by atoms with Crippen LogP contribution in [-0.2, 0) is 10.0 Å². The van der Waals surface area contributed by atoms with Gasteiger partial charge in [-0.2, -0.15) is 19.2 Å². The number of hydrogen-bond donors (Lipinski definition) is 1. The van der Waals surface area contributed by atoms with Gasteiger partial charge in [-0.3, -0.25) is 10.1 Å². The van der Waals surface area contributed by atoms with Gasteiger partial charge in [-0.05, 0) is 30.4 Å². The van der Waals surface area contributed by atoms with Gasteiger partial charge in [0.25, 0.3) is 0 Å². The number of aromatic amines is 1. The quantitative estimate of drug-likeness (QED) is 0.241. The Kier molecular flexibility index (Phi) is 6.24. The lowest BCUT2D eigenvalue weighted by atomic mass is 10.2. The molecule has 158 valence electrons. The number of nitro groups is 1. The Labute approximate surface area is 176 Å². The summed E-state index contributed by atoms with van der Waals surface area (Å²) in [5.41, 5.74) is 0.471. The fourth-order valence-electron chi connectivity index (χ4n) is 2.72. The second-order valence-corrected chi connectivity index (χ2v) is 8.28. The number of nitrogens with zero attached hydrogens (tertiary/aromatic N) is 5. The Morgan fingerprint density at radius 3 is 2.70 bits per heavy atom. The maximum Gasteiger partial charge on any atom is 0.433 e. The molecular formula is C17H18N6O5S2. The molecule has 0 spiro atoms. The van der Waals surface area contributed by atoms with Crippen molar-refractivity contribution < 1.29 is 17.8 Å². The van der Waals surface area contributed by atoms with Crippen LogP contribution in [0.25, 0.3) is 11.4 Å². The number of sulfonamides is 1. The smallest absolute Gasteiger partial charge is 0.400 e. The van der Waals surface area contributed by atoms with Gasteiger partial charge in [-0.15, -0.1) is 0 Å². The predicted octanol–water partition coefficient (Wildman–Crippen LogP) is 3.02. The summed E-state index contributed by atoms with van der Waals surface area (Å²) in [6, 6.07) is 8.88. The van der Waals surface area contributed by atoms with E-state index in [-0.39, 0.29) is 21.3 Å². The number of rotatable bonds is 8. The van der Waals surface area contributed by atoms with Crippen LogP contribution in [-0.4, -0.2) is 51.8 Å². The molecule has 1 aromatic carbocycles. The van der Waals surface area contributed by atoms with E-state index in [2.05, 4.69) is 15.3 Å². The molecule has 0 atom stereocenters. The molecule has 1 N–H and O–H groups in total. The van der Waals surface area contributed by atoms with Crippen LogP contribution in [0.3, 0.4) is 0 Å². The monoisotopic (exact) mass is 450 g/mol. The maximum absolute atomic E-state index is 12.8. The molecule has 3 aromatic rings. The normalized spacial score (nSPS) is 12.1. The minimum atomic E-state index is -3.66. The Bertz CT molecular complexity index is 1250. The SMILES string of the molecule is CCN(CC)S(=O)(=O)c1cccc(-c2n[nH]c(=S)n2/N=C\c2ccc([N+](=O)[O-])o2)c1. The first-order valence-electron chi connectivity index (χ1n) is 8.84. The molecule has 30 heavy (non-hydrogen) atoms. The van der Waals surface area contributed by atoms with E-state index >= 15 is 0 Å². The molecule has 0 unspecified atom stereocenters. The molecule has 2 aromatic heterocycles. The highest BCUT2D eigenvalue weighted by molar-refractivity contribution is 7.89. The second-order valence-electron chi connectivity index (χ2n) is 5.96. The van der Waals surface area contributed by atoms with Gasteiger partial charge in [-0.1, -0.05) is 26.0 Å². The molecule has 0 bridgehead atoms. The molecular weight excluding hydrogens is 432 g/mol. The summed E-state index contributed by atoms with van der Waals surface area (Å²) >= 11 is 5.19. The second kappa shape index (κ2) is 8.69. The zero-order chi connectivity index (χ0) is 21.9. The van der Waals surface area contributed by atoms with Crippen LogP contribution in [0, 0.1) is 14.9 Å². The number of benzene rings is 1. The third kappa shape index (κ3) is 4.22. The zero-order valence-electron chi connectivity index (χ0n) is 16.0. The minimum absolute atomic E-state index is 0.120. The van der Waals surface area contributed by atoms with E-state index < -0.39 is 20.8 Å².